The lowest BCUT2D eigenvalue weighted by atomic mass is 9.83. The number of aliphatic hydroxyl groups excluding tert-OH is 4. The molecule has 0 heterocycles. The Bertz CT molecular complexity index is 909. The van der Waals surface area contributed by atoms with E-state index in [4.69, 9.17) is 0 Å². The molecular formula is C22H22O6. The van der Waals surface area contributed by atoms with Crippen LogP contribution in [0.25, 0.3) is 0 Å². The molecule has 0 aromatic heterocycles. The first-order chi connectivity index (χ1) is 13.3. The number of fused-ring (bicyclic) bond motifs is 2. The van der Waals surface area contributed by atoms with Crippen LogP contribution < -0.4 is 0 Å². The number of rotatable bonds is 0. The molecule has 0 fully saturated rings. The van der Waals surface area contributed by atoms with E-state index in [1.807, 2.05) is 0 Å². The van der Waals surface area contributed by atoms with E-state index in [1.54, 1.807) is 12.1 Å². The van der Waals surface area contributed by atoms with Gasteiger partial charge in [-0.25, -0.2) is 0 Å². The van der Waals surface area contributed by atoms with Crippen LogP contribution in [0.3, 0.4) is 0 Å². The summed E-state index contributed by atoms with van der Waals surface area (Å²) >= 11 is 0. The highest BCUT2D eigenvalue weighted by molar-refractivity contribution is 5.58. The summed E-state index contributed by atoms with van der Waals surface area (Å²) in [4.78, 5) is 0. The molecule has 0 radical (unpaired) electrons. The Morgan fingerprint density at radius 1 is 0.536 bits per heavy atom. The zero-order valence-electron chi connectivity index (χ0n) is 15.1. The van der Waals surface area contributed by atoms with E-state index in [-0.39, 0.29) is 37.2 Å². The lowest BCUT2D eigenvalue weighted by Gasteiger charge is -2.27. The van der Waals surface area contributed by atoms with Crippen LogP contribution in [0.15, 0.2) is 24.3 Å². The fourth-order valence-electron chi connectivity index (χ4n) is 4.03. The van der Waals surface area contributed by atoms with Gasteiger partial charge in [0.2, 0.25) is 0 Å². The summed E-state index contributed by atoms with van der Waals surface area (Å²) in [7, 11) is 0. The molecule has 4 rings (SSSR count). The standard InChI is InChI=1S/C22H22O6/c23-17-5-3-11(13-7-19(25)21(27)9-15(13)17)1-2-12-4-6-18(24)16-10-22(28)20(26)8-14(12)16/h3-6,19-28H,7-10H2/t19-,20-,21+,22+/m0/s1. The maximum absolute atomic E-state index is 10.1. The van der Waals surface area contributed by atoms with Crippen LogP contribution in [0, 0.1) is 11.8 Å². The molecule has 6 nitrogen and oxygen atoms in total. The number of hydrogen-bond donors (Lipinski definition) is 6. The molecule has 0 amide bonds. The fraction of sp³-hybridized carbons (Fsp3) is 0.364. The van der Waals surface area contributed by atoms with Gasteiger partial charge >= 0.3 is 0 Å². The molecule has 2 aliphatic carbocycles. The van der Waals surface area contributed by atoms with Crippen molar-refractivity contribution in [3.05, 3.63) is 57.6 Å². The molecule has 0 saturated carbocycles. The van der Waals surface area contributed by atoms with Gasteiger partial charge in [0.05, 0.1) is 24.4 Å². The van der Waals surface area contributed by atoms with Crippen molar-refractivity contribution in [3.63, 3.8) is 0 Å². The Balaban J connectivity index is 1.76. The van der Waals surface area contributed by atoms with Gasteiger partial charge in [0.15, 0.2) is 0 Å². The van der Waals surface area contributed by atoms with Gasteiger partial charge in [-0.05, 0) is 35.4 Å². The summed E-state index contributed by atoms with van der Waals surface area (Å²) in [5, 5.41) is 60.0. The van der Waals surface area contributed by atoms with Crippen molar-refractivity contribution in [2.24, 2.45) is 0 Å². The average Bonchev–Trinajstić information content (AvgIpc) is 2.66. The quantitative estimate of drug-likeness (QED) is 0.361. The van der Waals surface area contributed by atoms with Crippen LogP contribution in [0.1, 0.15) is 33.4 Å². The summed E-state index contributed by atoms with van der Waals surface area (Å²) in [6.45, 7) is 0. The predicted octanol–water partition coefficient (Wildman–Crippen LogP) is 0.138. The summed E-state index contributed by atoms with van der Waals surface area (Å²) in [5.74, 6) is 6.28. The second kappa shape index (κ2) is 7.12. The summed E-state index contributed by atoms with van der Waals surface area (Å²) in [6, 6.07) is 6.41. The highest BCUT2D eigenvalue weighted by Crippen LogP contribution is 2.33. The third kappa shape index (κ3) is 3.23. The zero-order valence-corrected chi connectivity index (χ0v) is 15.1. The van der Waals surface area contributed by atoms with Crippen molar-refractivity contribution in [3.8, 4) is 23.3 Å². The van der Waals surface area contributed by atoms with Gasteiger partial charge in [0, 0.05) is 47.9 Å². The molecule has 0 bridgehead atoms. The van der Waals surface area contributed by atoms with Crippen LogP contribution in [-0.4, -0.2) is 55.1 Å². The molecule has 0 spiro atoms. The van der Waals surface area contributed by atoms with E-state index in [2.05, 4.69) is 11.8 Å². The van der Waals surface area contributed by atoms with Crippen molar-refractivity contribution in [1.82, 2.24) is 0 Å². The molecular weight excluding hydrogens is 360 g/mol. The Kier molecular flexibility index (Phi) is 4.77. The molecule has 2 aliphatic rings. The van der Waals surface area contributed by atoms with Gasteiger partial charge in [-0.2, -0.15) is 0 Å². The molecule has 2 aromatic rings. The second-order valence-corrected chi connectivity index (χ2v) is 7.51. The van der Waals surface area contributed by atoms with Gasteiger partial charge in [-0.15, -0.1) is 0 Å². The molecule has 0 aliphatic heterocycles. The molecule has 0 unspecified atom stereocenters. The van der Waals surface area contributed by atoms with Gasteiger partial charge in [-0.3, -0.25) is 0 Å². The van der Waals surface area contributed by atoms with E-state index in [9.17, 15) is 30.6 Å². The highest BCUT2D eigenvalue weighted by Gasteiger charge is 2.30. The van der Waals surface area contributed by atoms with Crippen LogP contribution in [0.5, 0.6) is 11.5 Å². The highest BCUT2D eigenvalue weighted by atomic mass is 16.3. The number of aliphatic hydroxyl groups is 4. The summed E-state index contributed by atoms with van der Waals surface area (Å²) < 4.78 is 0. The minimum Gasteiger partial charge on any atom is -0.508 e. The van der Waals surface area contributed by atoms with Crippen molar-refractivity contribution >= 4 is 0 Å². The topological polar surface area (TPSA) is 121 Å². The van der Waals surface area contributed by atoms with Crippen LogP contribution >= 0.6 is 0 Å². The number of phenolic OH excluding ortho intramolecular Hbond substituents is 2. The third-order valence-corrected chi connectivity index (χ3v) is 5.69. The number of phenols is 2. The van der Waals surface area contributed by atoms with Crippen LogP contribution in [0.4, 0.5) is 0 Å². The first-order valence-electron chi connectivity index (χ1n) is 9.27. The number of aromatic hydroxyl groups is 2. The third-order valence-electron chi connectivity index (χ3n) is 5.69. The van der Waals surface area contributed by atoms with Gasteiger partial charge < -0.3 is 30.6 Å². The second-order valence-electron chi connectivity index (χ2n) is 7.51. The lowest BCUT2D eigenvalue weighted by Crippen LogP contribution is -2.35. The maximum Gasteiger partial charge on any atom is 0.119 e. The van der Waals surface area contributed by atoms with E-state index < -0.39 is 24.4 Å². The van der Waals surface area contributed by atoms with Crippen molar-refractivity contribution in [2.45, 2.75) is 50.1 Å². The smallest absolute Gasteiger partial charge is 0.119 e. The minimum atomic E-state index is -0.918. The molecule has 2 aromatic carbocycles. The molecule has 0 saturated heterocycles. The zero-order chi connectivity index (χ0) is 20.0. The van der Waals surface area contributed by atoms with Crippen molar-refractivity contribution in [2.75, 3.05) is 0 Å². The first-order valence-corrected chi connectivity index (χ1v) is 9.27. The molecule has 6 N–H and O–H groups in total. The molecule has 6 heteroatoms. The van der Waals surface area contributed by atoms with Crippen molar-refractivity contribution < 1.29 is 30.6 Å². The van der Waals surface area contributed by atoms with Gasteiger partial charge in [0.1, 0.15) is 11.5 Å². The molecule has 28 heavy (non-hydrogen) atoms. The number of benzene rings is 2. The summed E-state index contributed by atoms with van der Waals surface area (Å²) in [5.41, 5.74) is 3.92. The van der Waals surface area contributed by atoms with Gasteiger partial charge in [0.25, 0.3) is 0 Å². The van der Waals surface area contributed by atoms with Crippen LogP contribution in [-0.2, 0) is 25.7 Å². The van der Waals surface area contributed by atoms with Crippen molar-refractivity contribution in [1.29, 1.82) is 0 Å². The van der Waals surface area contributed by atoms with E-state index in [0.717, 1.165) is 0 Å². The first kappa shape index (κ1) is 18.8. The fourth-order valence-corrected chi connectivity index (χ4v) is 4.03. The Labute approximate surface area is 162 Å². The van der Waals surface area contributed by atoms with Gasteiger partial charge in [-0.1, -0.05) is 11.8 Å². The maximum atomic E-state index is 10.1. The SMILES string of the molecule is Oc1ccc(C#Cc2ccc(O)c3c2C[C@H](O)[C@H](O)C3)c2c1C[C@@H](O)[C@@H](O)C2. The monoisotopic (exact) mass is 382 g/mol. The Morgan fingerprint density at radius 3 is 1.21 bits per heavy atom. The molecule has 146 valence electrons. The Hall–Kier alpha value is -2.56. The van der Waals surface area contributed by atoms with E-state index in [0.29, 0.717) is 33.4 Å². The lowest BCUT2D eigenvalue weighted by molar-refractivity contribution is 0.0136. The van der Waals surface area contributed by atoms with Crippen LogP contribution in [0.2, 0.25) is 0 Å². The summed E-state index contributed by atoms with van der Waals surface area (Å²) in [6.07, 6.45) is -2.92. The number of hydrogen-bond acceptors (Lipinski definition) is 6. The predicted molar refractivity (Wildman–Crippen MR) is 101 cm³/mol. The normalized spacial score (nSPS) is 26.0. The molecule has 4 atom stereocenters. The average molecular weight is 382 g/mol. The van der Waals surface area contributed by atoms with E-state index in [1.165, 1.54) is 12.1 Å². The minimum absolute atomic E-state index is 0.0747. The largest absolute Gasteiger partial charge is 0.508 e. The van der Waals surface area contributed by atoms with E-state index >= 15 is 0 Å². The Morgan fingerprint density at radius 2 is 0.857 bits per heavy atom.